The second-order valence-corrected chi connectivity index (χ2v) is 5.66. The first-order valence-electron chi connectivity index (χ1n) is 7.73. The van der Waals surface area contributed by atoms with Crippen LogP contribution in [-0.2, 0) is 4.79 Å². The maximum atomic E-state index is 11.8. The number of hydrogen-bond acceptors (Lipinski definition) is 4. The average molecular weight is 340 g/mol. The highest BCUT2D eigenvalue weighted by Crippen LogP contribution is 2.25. The van der Waals surface area contributed by atoms with Crippen LogP contribution in [0.2, 0.25) is 0 Å². The minimum Gasteiger partial charge on any atom is -0.483 e. The average Bonchev–Trinajstić information content (AvgIpc) is 2.59. The number of carboxylic acid groups (broad SMARTS) is 1. The van der Waals surface area contributed by atoms with Gasteiger partial charge in [0.25, 0.3) is 5.91 Å². The summed E-state index contributed by atoms with van der Waals surface area (Å²) in [6.07, 6.45) is 1.44. The maximum Gasteiger partial charge on any atom is 0.335 e. The molecule has 0 fully saturated rings. The standard InChI is InChI=1S/C19H20N2O4/c1-12-4-5-13(2)18(14(12)3)25-11-17(22)21-20-10-15-6-8-16(9-7-15)19(23)24/h4-10H,11H2,1-3H3,(H,21,22)(H,23,24). The van der Waals surface area contributed by atoms with E-state index in [9.17, 15) is 9.59 Å². The number of amides is 1. The third kappa shape index (κ3) is 4.91. The van der Waals surface area contributed by atoms with E-state index in [0.29, 0.717) is 11.3 Å². The zero-order chi connectivity index (χ0) is 18.4. The second-order valence-electron chi connectivity index (χ2n) is 5.66. The van der Waals surface area contributed by atoms with E-state index in [1.165, 1.54) is 18.3 Å². The largest absolute Gasteiger partial charge is 0.483 e. The van der Waals surface area contributed by atoms with E-state index < -0.39 is 5.97 Å². The molecule has 0 heterocycles. The van der Waals surface area contributed by atoms with Gasteiger partial charge in [-0.25, -0.2) is 10.2 Å². The lowest BCUT2D eigenvalue weighted by atomic mass is 10.1. The van der Waals surface area contributed by atoms with Crippen LogP contribution >= 0.6 is 0 Å². The zero-order valence-corrected chi connectivity index (χ0v) is 14.4. The van der Waals surface area contributed by atoms with E-state index in [-0.39, 0.29) is 18.1 Å². The van der Waals surface area contributed by atoms with Gasteiger partial charge in [-0.1, -0.05) is 24.3 Å². The molecule has 0 radical (unpaired) electrons. The lowest BCUT2D eigenvalue weighted by Gasteiger charge is -2.13. The molecule has 0 saturated heterocycles. The molecule has 0 saturated carbocycles. The van der Waals surface area contributed by atoms with Gasteiger partial charge in [0.15, 0.2) is 6.61 Å². The Labute approximate surface area is 146 Å². The number of ether oxygens (including phenoxy) is 1. The monoisotopic (exact) mass is 340 g/mol. The fraction of sp³-hybridized carbons (Fsp3) is 0.211. The molecule has 2 rings (SSSR count). The van der Waals surface area contributed by atoms with E-state index in [1.54, 1.807) is 12.1 Å². The highest BCUT2D eigenvalue weighted by Gasteiger charge is 2.08. The third-order valence-electron chi connectivity index (χ3n) is 3.78. The fourth-order valence-electron chi connectivity index (χ4n) is 2.21. The summed E-state index contributed by atoms with van der Waals surface area (Å²) >= 11 is 0. The number of carbonyl (C=O) groups excluding carboxylic acids is 1. The number of nitrogens with one attached hydrogen (secondary N) is 1. The molecule has 0 atom stereocenters. The van der Waals surface area contributed by atoms with Gasteiger partial charge in [-0.15, -0.1) is 0 Å². The van der Waals surface area contributed by atoms with Crippen molar-refractivity contribution in [1.82, 2.24) is 5.43 Å². The SMILES string of the molecule is Cc1ccc(C)c(OCC(=O)NN=Cc2ccc(C(=O)O)cc2)c1C. The van der Waals surface area contributed by atoms with Crippen molar-refractivity contribution < 1.29 is 19.4 Å². The van der Waals surface area contributed by atoms with Crippen LogP contribution in [-0.4, -0.2) is 29.8 Å². The van der Waals surface area contributed by atoms with E-state index in [0.717, 1.165) is 16.7 Å². The van der Waals surface area contributed by atoms with Crippen LogP contribution in [0.3, 0.4) is 0 Å². The number of benzene rings is 2. The van der Waals surface area contributed by atoms with Crippen molar-refractivity contribution in [1.29, 1.82) is 0 Å². The molecule has 0 aliphatic heterocycles. The van der Waals surface area contributed by atoms with Gasteiger partial charge in [0.1, 0.15) is 5.75 Å². The quantitative estimate of drug-likeness (QED) is 0.625. The second kappa shape index (κ2) is 8.10. The molecular formula is C19H20N2O4. The summed E-state index contributed by atoms with van der Waals surface area (Å²) in [5.74, 6) is -0.655. The molecule has 25 heavy (non-hydrogen) atoms. The van der Waals surface area contributed by atoms with Crippen LogP contribution in [0.25, 0.3) is 0 Å². The molecule has 0 aliphatic rings. The molecule has 2 N–H and O–H groups in total. The van der Waals surface area contributed by atoms with Crippen molar-refractivity contribution >= 4 is 18.1 Å². The van der Waals surface area contributed by atoms with Crippen LogP contribution in [0.5, 0.6) is 5.75 Å². The number of carboxylic acids is 1. The summed E-state index contributed by atoms with van der Waals surface area (Å²) < 4.78 is 5.60. The molecule has 2 aromatic rings. The van der Waals surface area contributed by atoms with Crippen LogP contribution in [0.1, 0.15) is 32.6 Å². The Kier molecular flexibility index (Phi) is 5.89. The van der Waals surface area contributed by atoms with Crippen molar-refractivity contribution in [3.63, 3.8) is 0 Å². The van der Waals surface area contributed by atoms with Gasteiger partial charge in [0.2, 0.25) is 0 Å². The Hall–Kier alpha value is -3.15. The van der Waals surface area contributed by atoms with E-state index in [2.05, 4.69) is 10.5 Å². The summed E-state index contributed by atoms with van der Waals surface area (Å²) in [5.41, 5.74) is 6.33. The Bertz CT molecular complexity index is 811. The van der Waals surface area contributed by atoms with Crippen LogP contribution in [0.15, 0.2) is 41.5 Å². The Morgan fingerprint density at radius 3 is 2.36 bits per heavy atom. The first-order valence-corrected chi connectivity index (χ1v) is 7.73. The molecule has 0 aromatic heterocycles. The number of nitrogens with zero attached hydrogens (tertiary/aromatic N) is 1. The van der Waals surface area contributed by atoms with Crippen LogP contribution in [0, 0.1) is 20.8 Å². The van der Waals surface area contributed by atoms with Gasteiger partial charge < -0.3 is 9.84 Å². The molecule has 6 nitrogen and oxygen atoms in total. The van der Waals surface area contributed by atoms with Gasteiger partial charge in [-0.05, 0) is 55.2 Å². The normalized spacial score (nSPS) is 10.7. The molecule has 6 heteroatoms. The highest BCUT2D eigenvalue weighted by atomic mass is 16.5. The summed E-state index contributed by atoms with van der Waals surface area (Å²) in [6.45, 7) is 5.73. The Morgan fingerprint density at radius 2 is 1.72 bits per heavy atom. The third-order valence-corrected chi connectivity index (χ3v) is 3.78. The minimum atomic E-state index is -0.990. The summed E-state index contributed by atoms with van der Waals surface area (Å²) in [7, 11) is 0. The van der Waals surface area contributed by atoms with Crippen molar-refractivity contribution in [2.45, 2.75) is 20.8 Å². The predicted molar refractivity (Wildman–Crippen MR) is 95.3 cm³/mol. The van der Waals surface area contributed by atoms with Crippen molar-refractivity contribution in [2.24, 2.45) is 5.10 Å². The predicted octanol–water partition coefficient (Wildman–Crippen LogP) is 2.84. The van der Waals surface area contributed by atoms with Gasteiger partial charge in [-0.2, -0.15) is 5.10 Å². The number of rotatable bonds is 6. The summed E-state index contributed by atoms with van der Waals surface area (Å²) in [4.78, 5) is 22.6. The molecule has 0 bridgehead atoms. The smallest absolute Gasteiger partial charge is 0.335 e. The van der Waals surface area contributed by atoms with Crippen molar-refractivity contribution in [3.05, 3.63) is 64.2 Å². The Balaban J connectivity index is 1.89. The van der Waals surface area contributed by atoms with E-state index in [1.807, 2.05) is 32.9 Å². The lowest BCUT2D eigenvalue weighted by Crippen LogP contribution is -2.25. The number of aryl methyl sites for hydroxylation is 2. The zero-order valence-electron chi connectivity index (χ0n) is 14.4. The minimum absolute atomic E-state index is 0.138. The fourth-order valence-corrected chi connectivity index (χ4v) is 2.21. The number of aromatic carboxylic acids is 1. The molecule has 1 amide bonds. The first-order chi connectivity index (χ1) is 11.9. The number of carbonyl (C=O) groups is 2. The van der Waals surface area contributed by atoms with Crippen LogP contribution < -0.4 is 10.2 Å². The summed E-state index contributed by atoms with van der Waals surface area (Å²) in [6, 6.07) is 10.1. The topological polar surface area (TPSA) is 88.0 Å². The van der Waals surface area contributed by atoms with Gasteiger partial charge in [-0.3, -0.25) is 4.79 Å². The molecule has 0 spiro atoms. The van der Waals surface area contributed by atoms with Crippen LogP contribution in [0.4, 0.5) is 0 Å². The van der Waals surface area contributed by atoms with Gasteiger partial charge in [0.05, 0.1) is 11.8 Å². The Morgan fingerprint density at radius 1 is 1.08 bits per heavy atom. The molecule has 2 aromatic carbocycles. The number of hydrogen-bond donors (Lipinski definition) is 2. The van der Waals surface area contributed by atoms with Crippen molar-refractivity contribution in [2.75, 3.05) is 6.61 Å². The highest BCUT2D eigenvalue weighted by molar-refractivity contribution is 5.89. The number of hydrazone groups is 1. The van der Waals surface area contributed by atoms with E-state index in [4.69, 9.17) is 9.84 Å². The van der Waals surface area contributed by atoms with Gasteiger partial charge in [0, 0.05) is 0 Å². The lowest BCUT2D eigenvalue weighted by molar-refractivity contribution is -0.123. The van der Waals surface area contributed by atoms with Gasteiger partial charge >= 0.3 is 5.97 Å². The van der Waals surface area contributed by atoms with E-state index >= 15 is 0 Å². The molecule has 130 valence electrons. The summed E-state index contributed by atoms with van der Waals surface area (Å²) in [5, 5.41) is 12.7. The molecule has 0 unspecified atom stereocenters. The first kappa shape index (κ1) is 18.2. The van der Waals surface area contributed by atoms with Crippen molar-refractivity contribution in [3.8, 4) is 5.75 Å². The molecule has 0 aliphatic carbocycles. The maximum absolute atomic E-state index is 11.8. The molecular weight excluding hydrogens is 320 g/mol.